The molecule has 0 bridgehead atoms. The zero-order valence-corrected chi connectivity index (χ0v) is 9.99. The van der Waals surface area contributed by atoms with Gasteiger partial charge in [-0.3, -0.25) is 0 Å². The normalized spacial score (nSPS) is 28.6. The van der Waals surface area contributed by atoms with Crippen molar-refractivity contribution in [3.05, 3.63) is 0 Å². The lowest BCUT2D eigenvalue weighted by Crippen LogP contribution is -2.33. The van der Waals surface area contributed by atoms with E-state index in [0.29, 0.717) is 0 Å². The molecule has 2 atom stereocenters. The van der Waals surface area contributed by atoms with Crippen LogP contribution >= 0.6 is 11.8 Å². The molecule has 0 aliphatic carbocycles. The van der Waals surface area contributed by atoms with E-state index in [4.69, 9.17) is 0 Å². The van der Waals surface area contributed by atoms with Gasteiger partial charge in [0, 0.05) is 17.0 Å². The highest BCUT2D eigenvalue weighted by molar-refractivity contribution is 8.00. The van der Waals surface area contributed by atoms with Gasteiger partial charge in [-0.2, -0.15) is 11.8 Å². The van der Waals surface area contributed by atoms with Crippen LogP contribution in [0.15, 0.2) is 0 Å². The molecule has 78 valence electrons. The molecule has 1 rings (SSSR count). The monoisotopic (exact) mass is 201 g/mol. The van der Waals surface area contributed by atoms with Gasteiger partial charge in [0.2, 0.25) is 0 Å². The largest absolute Gasteiger partial charge is 0.313 e. The SMILES string of the molecule is CCC(CC)CNC1CSC(C)C1. The molecule has 2 heteroatoms. The minimum atomic E-state index is 0.792. The molecule has 1 saturated heterocycles. The summed E-state index contributed by atoms with van der Waals surface area (Å²) < 4.78 is 0. The molecule has 1 nitrogen and oxygen atoms in total. The molecule has 0 aromatic heterocycles. The lowest BCUT2D eigenvalue weighted by atomic mass is 10.0. The Labute approximate surface area is 87.1 Å². The summed E-state index contributed by atoms with van der Waals surface area (Å²) in [4.78, 5) is 0. The Balaban J connectivity index is 2.11. The summed E-state index contributed by atoms with van der Waals surface area (Å²) in [6, 6.07) is 0.792. The van der Waals surface area contributed by atoms with Crippen molar-refractivity contribution in [2.24, 2.45) is 5.92 Å². The number of hydrogen-bond acceptors (Lipinski definition) is 2. The molecular weight excluding hydrogens is 178 g/mol. The molecule has 0 spiro atoms. The van der Waals surface area contributed by atoms with E-state index in [2.05, 4.69) is 37.8 Å². The standard InChI is InChI=1S/C11H23NS/c1-4-10(5-2)7-12-11-6-9(3)13-8-11/h9-12H,4-8H2,1-3H3. The Hall–Kier alpha value is 0.310. The summed E-state index contributed by atoms with van der Waals surface area (Å²) in [7, 11) is 0. The maximum atomic E-state index is 3.69. The average Bonchev–Trinajstić information content (AvgIpc) is 2.53. The second kappa shape index (κ2) is 5.92. The van der Waals surface area contributed by atoms with Crippen LogP contribution in [-0.4, -0.2) is 23.6 Å². The van der Waals surface area contributed by atoms with E-state index < -0.39 is 0 Å². The second-order valence-corrected chi connectivity index (χ2v) is 5.64. The third kappa shape index (κ3) is 3.90. The third-order valence-electron chi connectivity index (χ3n) is 3.05. The molecule has 1 aliphatic heterocycles. The molecule has 0 saturated carbocycles. The second-order valence-electron chi connectivity index (χ2n) is 4.17. The van der Waals surface area contributed by atoms with Crippen LogP contribution in [0.5, 0.6) is 0 Å². The molecular formula is C11H23NS. The topological polar surface area (TPSA) is 12.0 Å². The van der Waals surface area contributed by atoms with E-state index >= 15 is 0 Å². The first kappa shape index (κ1) is 11.4. The van der Waals surface area contributed by atoms with Crippen molar-refractivity contribution < 1.29 is 0 Å². The summed E-state index contributed by atoms with van der Waals surface area (Å²) in [6.45, 7) is 8.15. The molecule has 0 amide bonds. The summed E-state index contributed by atoms with van der Waals surface area (Å²) in [5.74, 6) is 2.21. The highest BCUT2D eigenvalue weighted by Crippen LogP contribution is 2.26. The van der Waals surface area contributed by atoms with Gasteiger partial charge in [0.05, 0.1) is 0 Å². The smallest absolute Gasteiger partial charge is 0.0168 e. The Bertz CT molecular complexity index is 134. The van der Waals surface area contributed by atoms with E-state index in [9.17, 15) is 0 Å². The molecule has 0 aromatic rings. The van der Waals surface area contributed by atoms with Gasteiger partial charge in [-0.25, -0.2) is 0 Å². The van der Waals surface area contributed by atoms with Crippen LogP contribution in [0.2, 0.25) is 0 Å². The van der Waals surface area contributed by atoms with Gasteiger partial charge in [0.15, 0.2) is 0 Å². The van der Waals surface area contributed by atoms with Crippen molar-refractivity contribution in [1.29, 1.82) is 0 Å². The van der Waals surface area contributed by atoms with Gasteiger partial charge in [-0.1, -0.05) is 33.6 Å². The minimum Gasteiger partial charge on any atom is -0.313 e. The van der Waals surface area contributed by atoms with Crippen molar-refractivity contribution in [1.82, 2.24) is 5.32 Å². The van der Waals surface area contributed by atoms with Gasteiger partial charge in [0.25, 0.3) is 0 Å². The van der Waals surface area contributed by atoms with E-state index in [-0.39, 0.29) is 0 Å². The number of hydrogen-bond donors (Lipinski definition) is 1. The van der Waals surface area contributed by atoms with Crippen LogP contribution in [0.1, 0.15) is 40.0 Å². The molecule has 1 heterocycles. The number of nitrogens with one attached hydrogen (secondary N) is 1. The van der Waals surface area contributed by atoms with E-state index in [1.54, 1.807) is 0 Å². The van der Waals surface area contributed by atoms with Crippen molar-refractivity contribution >= 4 is 11.8 Å². The fourth-order valence-electron chi connectivity index (χ4n) is 1.87. The Morgan fingerprint density at radius 2 is 2.08 bits per heavy atom. The first-order chi connectivity index (χ1) is 6.26. The zero-order valence-electron chi connectivity index (χ0n) is 9.18. The predicted octanol–water partition coefficient (Wildman–Crippen LogP) is 2.91. The van der Waals surface area contributed by atoms with E-state index in [1.165, 1.54) is 31.6 Å². The lowest BCUT2D eigenvalue weighted by Gasteiger charge is -2.17. The lowest BCUT2D eigenvalue weighted by molar-refractivity contribution is 0.416. The maximum absolute atomic E-state index is 3.69. The predicted molar refractivity (Wildman–Crippen MR) is 62.4 cm³/mol. The number of rotatable bonds is 5. The molecule has 2 unspecified atom stereocenters. The quantitative estimate of drug-likeness (QED) is 0.734. The Morgan fingerprint density at radius 3 is 2.54 bits per heavy atom. The number of thioether (sulfide) groups is 1. The van der Waals surface area contributed by atoms with E-state index in [1.807, 2.05) is 0 Å². The molecule has 1 N–H and O–H groups in total. The van der Waals surface area contributed by atoms with Crippen LogP contribution in [0.4, 0.5) is 0 Å². The van der Waals surface area contributed by atoms with Crippen LogP contribution in [0.3, 0.4) is 0 Å². The van der Waals surface area contributed by atoms with Gasteiger partial charge in [-0.15, -0.1) is 0 Å². The first-order valence-corrected chi connectivity index (χ1v) is 6.66. The molecule has 1 aliphatic rings. The van der Waals surface area contributed by atoms with Gasteiger partial charge in [-0.05, 0) is 18.9 Å². The van der Waals surface area contributed by atoms with Crippen LogP contribution in [-0.2, 0) is 0 Å². The average molecular weight is 201 g/mol. The van der Waals surface area contributed by atoms with Crippen molar-refractivity contribution in [3.8, 4) is 0 Å². The Morgan fingerprint density at radius 1 is 1.38 bits per heavy atom. The Kier molecular flexibility index (Phi) is 5.18. The van der Waals surface area contributed by atoms with Crippen molar-refractivity contribution in [2.45, 2.75) is 51.3 Å². The zero-order chi connectivity index (χ0) is 9.68. The first-order valence-electron chi connectivity index (χ1n) is 5.61. The fourth-order valence-corrected chi connectivity index (χ4v) is 3.05. The van der Waals surface area contributed by atoms with E-state index in [0.717, 1.165) is 17.2 Å². The maximum Gasteiger partial charge on any atom is 0.0168 e. The highest BCUT2D eigenvalue weighted by atomic mass is 32.2. The summed E-state index contributed by atoms with van der Waals surface area (Å²) in [5, 5.41) is 4.57. The van der Waals surface area contributed by atoms with Crippen LogP contribution in [0.25, 0.3) is 0 Å². The van der Waals surface area contributed by atoms with Gasteiger partial charge < -0.3 is 5.32 Å². The minimum absolute atomic E-state index is 0.792. The van der Waals surface area contributed by atoms with Gasteiger partial charge >= 0.3 is 0 Å². The van der Waals surface area contributed by atoms with Crippen molar-refractivity contribution in [3.63, 3.8) is 0 Å². The third-order valence-corrected chi connectivity index (χ3v) is 4.40. The summed E-state index contributed by atoms with van der Waals surface area (Å²) in [6.07, 6.45) is 4.00. The molecule has 0 aromatic carbocycles. The fraction of sp³-hybridized carbons (Fsp3) is 1.00. The molecule has 0 radical (unpaired) electrons. The summed E-state index contributed by atoms with van der Waals surface area (Å²) >= 11 is 2.11. The van der Waals surface area contributed by atoms with Crippen LogP contribution in [0, 0.1) is 5.92 Å². The molecule has 1 fully saturated rings. The van der Waals surface area contributed by atoms with Crippen LogP contribution < -0.4 is 5.32 Å². The van der Waals surface area contributed by atoms with Crippen molar-refractivity contribution in [2.75, 3.05) is 12.3 Å². The van der Waals surface area contributed by atoms with Gasteiger partial charge in [0.1, 0.15) is 0 Å². The molecule has 13 heavy (non-hydrogen) atoms. The summed E-state index contributed by atoms with van der Waals surface area (Å²) in [5.41, 5.74) is 0. The highest BCUT2D eigenvalue weighted by Gasteiger charge is 2.21.